The molecule has 49 heavy (non-hydrogen) atoms. The molecule has 0 aliphatic rings. The topological polar surface area (TPSA) is 73.7 Å². The Morgan fingerprint density at radius 2 is 0.878 bits per heavy atom. The summed E-state index contributed by atoms with van der Waals surface area (Å²) in [5.41, 5.74) is 0. The number of imidazole rings is 1. The Balaban J connectivity index is 2.10. The number of carbonyl (C=O) groups is 2. The lowest BCUT2D eigenvalue weighted by Crippen LogP contribution is -2.31. The molecule has 0 bridgehead atoms. The van der Waals surface area contributed by atoms with Crippen LogP contribution >= 0.6 is 0 Å². The van der Waals surface area contributed by atoms with Gasteiger partial charge in [0.2, 0.25) is 0 Å². The summed E-state index contributed by atoms with van der Waals surface area (Å²) in [6.45, 7) is 8.47. The smallest absolute Gasteiger partial charge is 0.307 e. The van der Waals surface area contributed by atoms with Crippen LogP contribution in [0, 0.1) is 0 Å². The second-order valence-corrected chi connectivity index (χ2v) is 14.4. The minimum atomic E-state index is -0.136. The number of unbranched alkanes of at least 4 members (excludes halogenated alkanes) is 24. The van der Waals surface area contributed by atoms with Gasteiger partial charge in [-0.05, 0) is 25.8 Å². The summed E-state index contributed by atoms with van der Waals surface area (Å²) >= 11 is 0. The summed E-state index contributed by atoms with van der Waals surface area (Å²) in [4.78, 5) is 31.3. The first-order valence-corrected chi connectivity index (χ1v) is 21.1. The average molecular weight is 690 g/mol. The fourth-order valence-corrected chi connectivity index (χ4v) is 6.49. The average Bonchev–Trinajstić information content (AvgIpc) is 3.63. The van der Waals surface area contributed by atoms with Crippen LogP contribution in [-0.2, 0) is 25.6 Å². The Labute approximate surface area is 303 Å². The predicted molar refractivity (Wildman–Crippen MR) is 206 cm³/mol. The lowest BCUT2D eigenvalue weighted by Gasteiger charge is -2.21. The lowest BCUT2D eigenvalue weighted by molar-refractivity contribution is -0.144. The normalized spacial score (nSPS) is 11.4. The summed E-state index contributed by atoms with van der Waals surface area (Å²) in [5.74, 6) is -0.271. The van der Waals surface area contributed by atoms with Gasteiger partial charge in [0.15, 0.2) is 0 Å². The molecule has 0 spiro atoms. The molecule has 1 heterocycles. The molecule has 0 unspecified atom stereocenters. The van der Waals surface area contributed by atoms with Crippen LogP contribution in [-0.4, -0.2) is 59.2 Å². The van der Waals surface area contributed by atoms with Crippen molar-refractivity contribution in [2.45, 2.75) is 207 Å². The Morgan fingerprint density at radius 3 is 1.22 bits per heavy atom. The largest absolute Gasteiger partial charge is 0.466 e. The van der Waals surface area contributed by atoms with Crippen molar-refractivity contribution in [2.24, 2.45) is 0 Å². The molecule has 0 N–H and O–H groups in total. The Morgan fingerprint density at radius 1 is 0.510 bits per heavy atom. The van der Waals surface area contributed by atoms with Gasteiger partial charge < -0.3 is 18.9 Å². The van der Waals surface area contributed by atoms with E-state index in [4.69, 9.17) is 9.47 Å². The van der Waals surface area contributed by atoms with Gasteiger partial charge in [0.05, 0.1) is 32.4 Å². The first kappa shape index (κ1) is 45.1. The summed E-state index contributed by atoms with van der Waals surface area (Å²) in [7, 11) is 0. The molecular formula is C42H79N3O4. The fourth-order valence-electron chi connectivity index (χ4n) is 6.49. The molecule has 7 heteroatoms. The third kappa shape index (κ3) is 31.8. The second kappa shape index (κ2) is 35.9. The Hall–Kier alpha value is -1.89. The predicted octanol–water partition coefficient (Wildman–Crippen LogP) is 11.6. The number of hydrogen-bond donors (Lipinski definition) is 0. The number of carbonyl (C=O) groups excluding carboxylic acids is 2. The number of hydrogen-bond acceptors (Lipinski definition) is 6. The van der Waals surface area contributed by atoms with Crippen molar-refractivity contribution in [2.75, 3.05) is 32.8 Å². The van der Waals surface area contributed by atoms with Crippen LogP contribution < -0.4 is 0 Å². The summed E-state index contributed by atoms with van der Waals surface area (Å²) in [6.07, 6.45) is 41.2. The highest BCUT2D eigenvalue weighted by molar-refractivity contribution is 5.70. The second-order valence-electron chi connectivity index (χ2n) is 14.4. The summed E-state index contributed by atoms with van der Waals surface area (Å²) in [5, 5.41) is 0. The standard InChI is InChI=1S/C42H79N3O4/c1-3-5-7-9-11-13-15-17-19-21-23-25-27-38-48-41(46)30-35-44(33-29-34-45-37-32-43-40-45)36-31-42(47)49-39-28-26-24-22-20-18-16-14-12-10-8-6-4-2/h32,37,40H,3-31,33-36,38-39H2,1-2H3. The summed E-state index contributed by atoms with van der Waals surface area (Å²) in [6, 6.07) is 0. The molecule has 0 saturated heterocycles. The van der Waals surface area contributed by atoms with E-state index >= 15 is 0 Å². The molecule has 0 aliphatic carbocycles. The molecule has 0 atom stereocenters. The van der Waals surface area contributed by atoms with Gasteiger partial charge in [-0.25, -0.2) is 4.98 Å². The van der Waals surface area contributed by atoms with Crippen molar-refractivity contribution < 1.29 is 19.1 Å². The molecule has 7 nitrogen and oxygen atoms in total. The Bertz CT molecular complexity index is 784. The zero-order valence-corrected chi connectivity index (χ0v) is 32.5. The SMILES string of the molecule is CCCCCCCCCCCCCCCOC(=O)CCN(CCCn1ccnc1)CCC(=O)OCCCCCCCCCCCCCCC. The van der Waals surface area contributed by atoms with Gasteiger partial charge in [0.25, 0.3) is 0 Å². The minimum Gasteiger partial charge on any atom is -0.466 e. The van der Waals surface area contributed by atoms with E-state index in [2.05, 4.69) is 28.3 Å². The van der Waals surface area contributed by atoms with Crippen LogP contribution in [0.5, 0.6) is 0 Å². The van der Waals surface area contributed by atoms with E-state index in [9.17, 15) is 9.59 Å². The van der Waals surface area contributed by atoms with Crippen molar-refractivity contribution in [3.8, 4) is 0 Å². The maximum Gasteiger partial charge on any atom is 0.307 e. The van der Waals surface area contributed by atoms with Crippen LogP contribution in [0.3, 0.4) is 0 Å². The highest BCUT2D eigenvalue weighted by Gasteiger charge is 2.12. The van der Waals surface area contributed by atoms with Crippen LogP contribution in [0.25, 0.3) is 0 Å². The molecule has 1 aromatic heterocycles. The van der Waals surface area contributed by atoms with Crippen molar-refractivity contribution in [1.82, 2.24) is 14.5 Å². The van der Waals surface area contributed by atoms with Crippen molar-refractivity contribution in [3.05, 3.63) is 18.7 Å². The van der Waals surface area contributed by atoms with E-state index in [0.717, 1.165) is 45.2 Å². The molecule has 286 valence electrons. The molecule has 0 amide bonds. The number of ether oxygens (including phenoxy) is 2. The zero-order chi connectivity index (χ0) is 35.3. The van der Waals surface area contributed by atoms with E-state index in [1.165, 1.54) is 141 Å². The van der Waals surface area contributed by atoms with Crippen LogP contribution in [0.4, 0.5) is 0 Å². The molecule has 0 fully saturated rings. The van der Waals surface area contributed by atoms with Crippen molar-refractivity contribution in [3.63, 3.8) is 0 Å². The van der Waals surface area contributed by atoms with Gasteiger partial charge >= 0.3 is 11.9 Å². The maximum atomic E-state index is 12.5. The fraction of sp³-hybridized carbons (Fsp3) is 0.881. The molecule has 0 aliphatic heterocycles. The van der Waals surface area contributed by atoms with Crippen LogP contribution in [0.15, 0.2) is 18.7 Å². The zero-order valence-electron chi connectivity index (χ0n) is 32.5. The highest BCUT2D eigenvalue weighted by Crippen LogP contribution is 2.14. The highest BCUT2D eigenvalue weighted by atomic mass is 16.5. The van der Waals surface area contributed by atoms with Gasteiger partial charge in [-0.1, -0.05) is 168 Å². The quantitative estimate of drug-likeness (QED) is 0.0508. The van der Waals surface area contributed by atoms with Crippen LogP contribution in [0.1, 0.15) is 200 Å². The molecule has 1 aromatic rings. The first-order valence-electron chi connectivity index (χ1n) is 21.1. The third-order valence-corrected chi connectivity index (χ3v) is 9.74. The maximum absolute atomic E-state index is 12.5. The number of aryl methyl sites for hydroxylation is 1. The van der Waals surface area contributed by atoms with Gasteiger partial charge in [0.1, 0.15) is 0 Å². The number of esters is 2. The number of aromatic nitrogens is 2. The number of nitrogens with zero attached hydrogens (tertiary/aromatic N) is 3. The Kier molecular flexibility index (Phi) is 33.1. The molecular weight excluding hydrogens is 610 g/mol. The van der Waals surface area contributed by atoms with E-state index in [1.807, 2.05) is 12.5 Å². The first-order chi connectivity index (χ1) is 24.2. The number of rotatable bonds is 38. The van der Waals surface area contributed by atoms with Gasteiger partial charge in [0, 0.05) is 32.0 Å². The van der Waals surface area contributed by atoms with Crippen molar-refractivity contribution >= 4 is 11.9 Å². The molecule has 0 radical (unpaired) electrons. The van der Waals surface area contributed by atoms with E-state index in [-0.39, 0.29) is 11.9 Å². The molecule has 0 saturated carbocycles. The monoisotopic (exact) mass is 690 g/mol. The van der Waals surface area contributed by atoms with Crippen LogP contribution in [0.2, 0.25) is 0 Å². The van der Waals surface area contributed by atoms with E-state index in [0.29, 0.717) is 39.1 Å². The van der Waals surface area contributed by atoms with Gasteiger partial charge in [-0.15, -0.1) is 0 Å². The van der Waals surface area contributed by atoms with Crippen molar-refractivity contribution in [1.29, 1.82) is 0 Å². The van der Waals surface area contributed by atoms with Gasteiger partial charge in [-0.3, -0.25) is 9.59 Å². The molecule has 0 aromatic carbocycles. The third-order valence-electron chi connectivity index (χ3n) is 9.74. The minimum absolute atomic E-state index is 0.136. The van der Waals surface area contributed by atoms with Gasteiger partial charge in [-0.2, -0.15) is 0 Å². The summed E-state index contributed by atoms with van der Waals surface area (Å²) < 4.78 is 13.2. The lowest BCUT2D eigenvalue weighted by atomic mass is 10.0. The van der Waals surface area contributed by atoms with E-state index in [1.54, 1.807) is 6.20 Å². The van der Waals surface area contributed by atoms with E-state index < -0.39 is 0 Å². The molecule has 1 rings (SSSR count).